The Morgan fingerprint density at radius 1 is 1.08 bits per heavy atom. The molecule has 2 aromatic carbocycles. The van der Waals surface area contributed by atoms with Gasteiger partial charge in [-0.15, -0.1) is 0 Å². The Morgan fingerprint density at radius 3 is 2.36 bits per heavy atom. The predicted octanol–water partition coefficient (Wildman–Crippen LogP) is 3.24. The second-order valence-corrected chi connectivity index (χ2v) is 6.10. The van der Waals surface area contributed by atoms with Crippen molar-refractivity contribution in [3.63, 3.8) is 0 Å². The van der Waals surface area contributed by atoms with Gasteiger partial charge >= 0.3 is 12.0 Å². The Labute approximate surface area is 145 Å². The van der Waals surface area contributed by atoms with E-state index in [-0.39, 0.29) is 31.4 Å². The molecule has 3 rings (SSSR count). The van der Waals surface area contributed by atoms with Gasteiger partial charge in [-0.05, 0) is 28.8 Å². The maximum Gasteiger partial charge on any atom is 0.320 e. The first-order valence-electron chi connectivity index (χ1n) is 8.10. The van der Waals surface area contributed by atoms with E-state index in [1.54, 1.807) is 17.0 Å². The lowest BCUT2D eigenvalue weighted by Gasteiger charge is -2.27. The fourth-order valence-corrected chi connectivity index (χ4v) is 3.00. The Bertz CT molecular complexity index is 769. The van der Waals surface area contributed by atoms with Crippen LogP contribution in [0.1, 0.15) is 23.1 Å². The van der Waals surface area contributed by atoms with Crippen LogP contribution >= 0.6 is 0 Å². The van der Waals surface area contributed by atoms with E-state index in [0.717, 1.165) is 11.1 Å². The Hall–Kier alpha value is -2.89. The van der Waals surface area contributed by atoms with Crippen molar-refractivity contribution >= 4 is 12.0 Å². The van der Waals surface area contributed by atoms with Crippen LogP contribution in [0.15, 0.2) is 48.5 Å². The maximum absolute atomic E-state index is 13.4. The van der Waals surface area contributed by atoms with Gasteiger partial charge < -0.3 is 14.9 Å². The lowest BCUT2D eigenvalue weighted by molar-refractivity contribution is -0.137. The number of aliphatic carboxylic acids is 1. The molecule has 0 unspecified atom stereocenters. The SMILES string of the molecule is O=C(O)CCN(Cc1cccc(F)c1)C(=O)N1Cc2ccccc2C1. The minimum atomic E-state index is -0.971. The third-order valence-electron chi connectivity index (χ3n) is 4.24. The number of urea groups is 1. The summed E-state index contributed by atoms with van der Waals surface area (Å²) < 4.78 is 13.4. The Balaban J connectivity index is 1.74. The molecule has 1 heterocycles. The molecule has 0 aromatic heterocycles. The van der Waals surface area contributed by atoms with E-state index in [9.17, 15) is 14.0 Å². The summed E-state index contributed by atoms with van der Waals surface area (Å²) >= 11 is 0. The summed E-state index contributed by atoms with van der Waals surface area (Å²) in [6.07, 6.45) is -0.151. The van der Waals surface area contributed by atoms with Crippen LogP contribution in [-0.4, -0.2) is 33.5 Å². The molecular weight excluding hydrogens is 323 g/mol. The van der Waals surface area contributed by atoms with Crippen molar-refractivity contribution in [1.29, 1.82) is 0 Å². The summed E-state index contributed by atoms with van der Waals surface area (Å²) in [7, 11) is 0. The van der Waals surface area contributed by atoms with Crippen LogP contribution in [0, 0.1) is 5.82 Å². The third-order valence-corrected chi connectivity index (χ3v) is 4.24. The molecule has 0 bridgehead atoms. The van der Waals surface area contributed by atoms with E-state index in [1.807, 2.05) is 24.3 Å². The van der Waals surface area contributed by atoms with Crippen LogP contribution in [0.4, 0.5) is 9.18 Å². The van der Waals surface area contributed by atoms with Gasteiger partial charge in [0, 0.05) is 26.2 Å². The number of benzene rings is 2. The molecule has 0 saturated carbocycles. The molecule has 0 spiro atoms. The molecule has 0 aliphatic carbocycles. The highest BCUT2D eigenvalue weighted by molar-refractivity contribution is 5.76. The predicted molar refractivity (Wildman–Crippen MR) is 90.1 cm³/mol. The van der Waals surface area contributed by atoms with Crippen molar-refractivity contribution in [2.45, 2.75) is 26.1 Å². The zero-order valence-corrected chi connectivity index (χ0v) is 13.7. The molecule has 0 fully saturated rings. The van der Waals surface area contributed by atoms with Gasteiger partial charge in [0.15, 0.2) is 0 Å². The van der Waals surface area contributed by atoms with E-state index < -0.39 is 5.97 Å². The number of carbonyl (C=O) groups excluding carboxylic acids is 1. The first-order chi connectivity index (χ1) is 12.0. The number of fused-ring (bicyclic) bond motifs is 1. The number of carboxylic acids is 1. The highest BCUT2D eigenvalue weighted by Crippen LogP contribution is 2.24. The van der Waals surface area contributed by atoms with E-state index in [2.05, 4.69) is 0 Å². The van der Waals surface area contributed by atoms with Crippen LogP contribution in [0.3, 0.4) is 0 Å². The molecule has 6 heteroatoms. The van der Waals surface area contributed by atoms with Gasteiger partial charge in [0.05, 0.1) is 6.42 Å². The van der Waals surface area contributed by atoms with Crippen molar-refractivity contribution in [3.05, 3.63) is 71.0 Å². The van der Waals surface area contributed by atoms with Gasteiger partial charge in [-0.1, -0.05) is 36.4 Å². The van der Waals surface area contributed by atoms with Gasteiger partial charge in [0.25, 0.3) is 0 Å². The number of halogens is 1. The minimum Gasteiger partial charge on any atom is -0.481 e. The monoisotopic (exact) mass is 342 g/mol. The van der Waals surface area contributed by atoms with Crippen molar-refractivity contribution in [2.75, 3.05) is 6.54 Å². The fraction of sp³-hybridized carbons (Fsp3) is 0.263. The molecule has 0 radical (unpaired) electrons. The average Bonchev–Trinajstić information content (AvgIpc) is 3.02. The first-order valence-corrected chi connectivity index (χ1v) is 8.10. The Morgan fingerprint density at radius 2 is 1.76 bits per heavy atom. The molecule has 25 heavy (non-hydrogen) atoms. The van der Waals surface area contributed by atoms with Crippen molar-refractivity contribution in [3.8, 4) is 0 Å². The minimum absolute atomic E-state index is 0.0809. The number of rotatable bonds is 5. The van der Waals surface area contributed by atoms with Gasteiger partial charge in [-0.3, -0.25) is 4.79 Å². The van der Waals surface area contributed by atoms with Gasteiger partial charge in [-0.2, -0.15) is 0 Å². The van der Waals surface area contributed by atoms with E-state index in [1.165, 1.54) is 17.0 Å². The molecular formula is C19H19FN2O3. The van der Waals surface area contributed by atoms with E-state index in [4.69, 9.17) is 5.11 Å². The highest BCUT2D eigenvalue weighted by atomic mass is 19.1. The zero-order chi connectivity index (χ0) is 17.8. The average molecular weight is 342 g/mol. The van der Waals surface area contributed by atoms with E-state index in [0.29, 0.717) is 18.7 Å². The topological polar surface area (TPSA) is 60.9 Å². The summed E-state index contributed by atoms with van der Waals surface area (Å²) in [5.41, 5.74) is 2.83. The van der Waals surface area contributed by atoms with Crippen LogP contribution in [0.2, 0.25) is 0 Å². The van der Waals surface area contributed by atoms with Crippen molar-refractivity contribution < 1.29 is 19.1 Å². The third kappa shape index (κ3) is 4.15. The first kappa shape index (κ1) is 17.0. The van der Waals surface area contributed by atoms with Crippen molar-refractivity contribution in [1.82, 2.24) is 9.80 Å². The second-order valence-electron chi connectivity index (χ2n) is 6.10. The zero-order valence-electron chi connectivity index (χ0n) is 13.7. The molecule has 1 N–H and O–H groups in total. The second kappa shape index (κ2) is 7.34. The number of nitrogens with zero attached hydrogens (tertiary/aromatic N) is 2. The van der Waals surface area contributed by atoms with E-state index >= 15 is 0 Å². The van der Waals surface area contributed by atoms with Crippen LogP contribution in [0.5, 0.6) is 0 Å². The molecule has 2 amide bonds. The van der Waals surface area contributed by atoms with Gasteiger partial charge in [0.1, 0.15) is 5.82 Å². The standard InChI is InChI=1S/C19H19FN2O3/c20-17-7-3-4-14(10-17)11-21(9-8-18(23)24)19(25)22-12-15-5-1-2-6-16(15)13-22/h1-7,10H,8-9,11-13H2,(H,23,24). The highest BCUT2D eigenvalue weighted by Gasteiger charge is 2.27. The molecule has 0 saturated heterocycles. The smallest absolute Gasteiger partial charge is 0.320 e. The number of hydrogen-bond donors (Lipinski definition) is 1. The molecule has 130 valence electrons. The molecule has 1 aliphatic rings. The lowest BCUT2D eigenvalue weighted by Crippen LogP contribution is -2.41. The normalized spacial score (nSPS) is 12.8. The fourth-order valence-electron chi connectivity index (χ4n) is 3.00. The number of hydrogen-bond acceptors (Lipinski definition) is 2. The summed E-state index contributed by atoms with van der Waals surface area (Å²) in [6.45, 7) is 1.26. The van der Waals surface area contributed by atoms with Crippen LogP contribution in [0.25, 0.3) is 0 Å². The van der Waals surface area contributed by atoms with Gasteiger partial charge in [-0.25, -0.2) is 9.18 Å². The quantitative estimate of drug-likeness (QED) is 0.907. The van der Waals surface area contributed by atoms with Gasteiger partial charge in [0.2, 0.25) is 0 Å². The maximum atomic E-state index is 13.4. The molecule has 1 aliphatic heterocycles. The van der Waals surface area contributed by atoms with Crippen LogP contribution in [-0.2, 0) is 24.4 Å². The molecule has 0 atom stereocenters. The lowest BCUT2D eigenvalue weighted by atomic mass is 10.1. The summed E-state index contributed by atoms with van der Waals surface area (Å²) in [6, 6.07) is 13.6. The summed E-state index contributed by atoms with van der Waals surface area (Å²) in [4.78, 5) is 27.0. The number of carboxylic acid groups (broad SMARTS) is 1. The largest absolute Gasteiger partial charge is 0.481 e. The Kier molecular flexibility index (Phi) is 4.97. The molecule has 2 aromatic rings. The number of carbonyl (C=O) groups is 2. The summed E-state index contributed by atoms with van der Waals surface area (Å²) in [5.74, 6) is -1.35. The molecule has 5 nitrogen and oxygen atoms in total. The summed E-state index contributed by atoms with van der Waals surface area (Å²) in [5, 5.41) is 8.95. The number of amides is 2. The van der Waals surface area contributed by atoms with Crippen LogP contribution < -0.4 is 0 Å². The van der Waals surface area contributed by atoms with Crippen molar-refractivity contribution in [2.24, 2.45) is 0 Å².